The first kappa shape index (κ1) is 15.4. The molecular formula is C16H19N3OS2. The van der Waals surface area contributed by atoms with Gasteiger partial charge >= 0.3 is 0 Å². The number of benzene rings is 1. The van der Waals surface area contributed by atoms with Gasteiger partial charge in [0, 0.05) is 18.8 Å². The Bertz CT molecular complexity index is 636. The number of piperidine rings is 1. The van der Waals surface area contributed by atoms with E-state index in [1.54, 1.807) is 11.8 Å². The van der Waals surface area contributed by atoms with Crippen LogP contribution in [0.2, 0.25) is 0 Å². The van der Waals surface area contributed by atoms with Crippen LogP contribution in [0.4, 0.5) is 5.82 Å². The lowest BCUT2D eigenvalue weighted by atomic mass is 10.1. The fraction of sp³-hybridized carbons (Fsp3) is 0.375. The normalized spacial score (nSPS) is 15.0. The van der Waals surface area contributed by atoms with Crippen molar-refractivity contribution in [3.8, 4) is 0 Å². The van der Waals surface area contributed by atoms with Crippen molar-refractivity contribution < 1.29 is 4.79 Å². The molecule has 1 aliphatic rings. The number of thioether (sulfide) groups is 1. The van der Waals surface area contributed by atoms with E-state index in [1.807, 2.05) is 23.1 Å². The van der Waals surface area contributed by atoms with Crippen LogP contribution < -0.4 is 5.73 Å². The summed E-state index contributed by atoms with van der Waals surface area (Å²) in [6.45, 7) is 1.67. The van der Waals surface area contributed by atoms with Crippen LogP contribution in [0.3, 0.4) is 0 Å². The Morgan fingerprint density at radius 2 is 1.95 bits per heavy atom. The molecule has 0 atom stereocenters. The number of anilines is 1. The minimum absolute atomic E-state index is 0.0428. The van der Waals surface area contributed by atoms with Crippen LogP contribution in [0.1, 0.15) is 34.5 Å². The molecule has 1 aromatic carbocycles. The molecule has 0 radical (unpaired) electrons. The van der Waals surface area contributed by atoms with Crippen LogP contribution in [-0.2, 0) is 5.75 Å². The molecule has 6 heteroatoms. The zero-order chi connectivity index (χ0) is 15.4. The van der Waals surface area contributed by atoms with E-state index in [2.05, 4.69) is 17.1 Å². The quantitative estimate of drug-likeness (QED) is 0.868. The molecule has 0 bridgehead atoms. The standard InChI is InChI=1S/C16H19N3OS2/c17-14-13(15(20)19-9-5-2-6-10-19)22-16(18-14)21-11-12-7-3-1-4-8-12/h1,3-4,7-8H,2,5-6,9-11,17H2. The van der Waals surface area contributed by atoms with Crippen molar-refractivity contribution in [1.29, 1.82) is 0 Å². The number of amides is 1. The van der Waals surface area contributed by atoms with E-state index in [-0.39, 0.29) is 5.91 Å². The van der Waals surface area contributed by atoms with Gasteiger partial charge in [0.1, 0.15) is 10.7 Å². The van der Waals surface area contributed by atoms with Crippen LogP contribution in [0.25, 0.3) is 0 Å². The Balaban J connectivity index is 1.66. The number of carbonyl (C=O) groups is 1. The number of nitrogen functional groups attached to an aromatic ring is 1. The fourth-order valence-electron chi connectivity index (χ4n) is 2.49. The summed E-state index contributed by atoms with van der Waals surface area (Å²) in [6, 6.07) is 10.2. The summed E-state index contributed by atoms with van der Waals surface area (Å²) in [7, 11) is 0. The van der Waals surface area contributed by atoms with E-state index in [0.717, 1.165) is 36.0 Å². The van der Waals surface area contributed by atoms with Gasteiger partial charge in [-0.25, -0.2) is 4.98 Å². The average molecular weight is 333 g/mol. The minimum atomic E-state index is 0.0428. The number of likely N-dealkylation sites (tertiary alicyclic amines) is 1. The number of thiazole rings is 1. The van der Waals surface area contributed by atoms with Crippen molar-refractivity contribution in [2.75, 3.05) is 18.8 Å². The second-order valence-electron chi connectivity index (χ2n) is 5.32. The first-order valence-corrected chi connectivity index (χ1v) is 9.26. The summed E-state index contributed by atoms with van der Waals surface area (Å²) < 4.78 is 0.863. The highest BCUT2D eigenvalue weighted by atomic mass is 32.2. The predicted molar refractivity (Wildman–Crippen MR) is 92.3 cm³/mol. The number of hydrogen-bond acceptors (Lipinski definition) is 5. The summed E-state index contributed by atoms with van der Waals surface area (Å²) >= 11 is 3.05. The molecular weight excluding hydrogens is 314 g/mol. The van der Waals surface area contributed by atoms with Gasteiger partial charge in [0.05, 0.1) is 0 Å². The Kier molecular flexibility index (Phi) is 5.00. The summed E-state index contributed by atoms with van der Waals surface area (Å²) in [4.78, 5) is 19.4. The Labute approximate surface area is 138 Å². The predicted octanol–water partition coefficient (Wildman–Crippen LogP) is 3.64. The van der Waals surface area contributed by atoms with Crippen molar-refractivity contribution in [3.63, 3.8) is 0 Å². The largest absolute Gasteiger partial charge is 0.382 e. The van der Waals surface area contributed by atoms with Gasteiger partial charge in [-0.05, 0) is 24.8 Å². The Morgan fingerprint density at radius 3 is 2.68 bits per heavy atom. The number of aromatic nitrogens is 1. The first-order chi connectivity index (χ1) is 10.7. The number of nitrogens with zero attached hydrogens (tertiary/aromatic N) is 2. The molecule has 22 heavy (non-hydrogen) atoms. The van der Waals surface area contributed by atoms with Crippen molar-refractivity contribution in [1.82, 2.24) is 9.88 Å². The van der Waals surface area contributed by atoms with Crippen LogP contribution >= 0.6 is 23.1 Å². The first-order valence-electron chi connectivity index (χ1n) is 7.46. The maximum atomic E-state index is 12.5. The lowest BCUT2D eigenvalue weighted by Crippen LogP contribution is -2.35. The van der Waals surface area contributed by atoms with Gasteiger partial charge in [0.2, 0.25) is 0 Å². The van der Waals surface area contributed by atoms with Gasteiger partial charge in [-0.15, -0.1) is 11.3 Å². The third-order valence-electron chi connectivity index (χ3n) is 3.68. The van der Waals surface area contributed by atoms with E-state index < -0.39 is 0 Å². The van der Waals surface area contributed by atoms with Gasteiger partial charge < -0.3 is 10.6 Å². The second-order valence-corrected chi connectivity index (χ2v) is 7.54. The summed E-state index contributed by atoms with van der Waals surface area (Å²) in [6.07, 6.45) is 3.38. The molecule has 2 N–H and O–H groups in total. The van der Waals surface area contributed by atoms with Gasteiger partial charge in [0.25, 0.3) is 5.91 Å². The van der Waals surface area contributed by atoms with E-state index in [9.17, 15) is 4.79 Å². The smallest absolute Gasteiger partial charge is 0.267 e. The van der Waals surface area contributed by atoms with Crippen molar-refractivity contribution >= 4 is 34.8 Å². The third kappa shape index (κ3) is 3.62. The number of rotatable bonds is 4. The molecule has 0 aliphatic carbocycles. The van der Waals surface area contributed by atoms with Crippen LogP contribution in [0.15, 0.2) is 34.7 Å². The monoisotopic (exact) mass is 333 g/mol. The van der Waals surface area contributed by atoms with Crippen molar-refractivity contribution in [2.45, 2.75) is 29.4 Å². The number of carbonyl (C=O) groups excluding carboxylic acids is 1. The Morgan fingerprint density at radius 1 is 1.23 bits per heavy atom. The minimum Gasteiger partial charge on any atom is -0.382 e. The molecule has 0 unspecified atom stereocenters. The maximum Gasteiger partial charge on any atom is 0.267 e. The topological polar surface area (TPSA) is 59.2 Å². The SMILES string of the molecule is Nc1nc(SCc2ccccc2)sc1C(=O)N1CCCCC1. The zero-order valence-corrected chi connectivity index (χ0v) is 14.0. The molecule has 1 aromatic heterocycles. The van der Waals surface area contributed by atoms with E-state index in [0.29, 0.717) is 10.7 Å². The molecule has 0 spiro atoms. The van der Waals surface area contributed by atoms with Crippen LogP contribution in [0.5, 0.6) is 0 Å². The van der Waals surface area contributed by atoms with Gasteiger partial charge in [-0.1, -0.05) is 42.1 Å². The molecule has 2 aromatic rings. The average Bonchev–Trinajstić information content (AvgIpc) is 2.95. The molecule has 1 fully saturated rings. The van der Waals surface area contributed by atoms with Gasteiger partial charge in [-0.3, -0.25) is 4.79 Å². The highest BCUT2D eigenvalue weighted by Crippen LogP contribution is 2.32. The molecule has 116 valence electrons. The highest BCUT2D eigenvalue weighted by molar-refractivity contribution is 8.00. The Hall–Kier alpha value is -1.53. The van der Waals surface area contributed by atoms with E-state index in [1.165, 1.54) is 23.3 Å². The summed E-state index contributed by atoms with van der Waals surface area (Å²) in [5.74, 6) is 1.25. The molecule has 3 rings (SSSR count). The number of hydrogen-bond donors (Lipinski definition) is 1. The van der Waals surface area contributed by atoms with Crippen LogP contribution in [0, 0.1) is 0 Å². The van der Waals surface area contributed by atoms with Crippen molar-refractivity contribution in [3.05, 3.63) is 40.8 Å². The lowest BCUT2D eigenvalue weighted by Gasteiger charge is -2.26. The molecule has 4 nitrogen and oxygen atoms in total. The molecule has 0 saturated carbocycles. The third-order valence-corrected chi connectivity index (χ3v) is 5.95. The maximum absolute atomic E-state index is 12.5. The van der Waals surface area contributed by atoms with Crippen LogP contribution in [-0.4, -0.2) is 28.9 Å². The lowest BCUT2D eigenvalue weighted by molar-refractivity contribution is 0.0730. The molecule has 1 aliphatic heterocycles. The fourth-order valence-corrected chi connectivity index (χ4v) is 4.48. The van der Waals surface area contributed by atoms with Gasteiger partial charge in [-0.2, -0.15) is 0 Å². The van der Waals surface area contributed by atoms with E-state index >= 15 is 0 Å². The van der Waals surface area contributed by atoms with Gasteiger partial charge in [0.15, 0.2) is 4.34 Å². The highest BCUT2D eigenvalue weighted by Gasteiger charge is 2.23. The number of nitrogens with two attached hydrogens (primary N) is 1. The van der Waals surface area contributed by atoms with E-state index in [4.69, 9.17) is 5.73 Å². The summed E-state index contributed by atoms with van der Waals surface area (Å²) in [5, 5.41) is 0. The summed E-state index contributed by atoms with van der Waals surface area (Å²) in [5.41, 5.74) is 7.20. The molecule has 1 amide bonds. The second kappa shape index (κ2) is 7.15. The van der Waals surface area contributed by atoms with Crippen molar-refractivity contribution in [2.24, 2.45) is 0 Å². The molecule has 2 heterocycles. The molecule has 1 saturated heterocycles. The zero-order valence-electron chi connectivity index (χ0n) is 12.3.